The van der Waals surface area contributed by atoms with E-state index in [2.05, 4.69) is 0 Å². The van der Waals surface area contributed by atoms with Gasteiger partial charge in [-0.2, -0.15) is 0 Å². The third kappa shape index (κ3) is 5.16. The molecule has 2 N–H and O–H groups in total. The molecule has 1 amide bonds. The maximum Gasteiger partial charge on any atom is 0.264 e. The van der Waals surface area contributed by atoms with Gasteiger partial charge in [0, 0.05) is 18.0 Å². The molecule has 2 aromatic rings. The lowest BCUT2D eigenvalue weighted by Gasteiger charge is -2.22. The Labute approximate surface area is 136 Å². The number of rotatable bonds is 6. The Morgan fingerprint density at radius 1 is 1.19 bits per heavy atom. The fraction of sp³-hybridized carbons (Fsp3) is 0.312. The van der Waals surface area contributed by atoms with Crippen LogP contribution in [0.15, 0.2) is 42.5 Å². The van der Waals surface area contributed by atoms with Crippen LogP contribution < -0.4 is 5.73 Å². The lowest BCUT2D eigenvalue weighted by Crippen LogP contribution is -2.32. The van der Waals surface area contributed by atoms with E-state index >= 15 is 0 Å². The van der Waals surface area contributed by atoms with E-state index < -0.39 is 0 Å². The van der Waals surface area contributed by atoms with Crippen molar-refractivity contribution in [1.82, 2.24) is 4.90 Å². The normalized spacial score (nSPS) is 10.0. The molecule has 5 heteroatoms. The van der Waals surface area contributed by atoms with E-state index in [0.29, 0.717) is 19.6 Å². The number of carbonyl (C=O) groups excluding carboxylic acids is 1. The molecule has 0 bridgehead atoms. The minimum Gasteiger partial charge on any atom is -0.334 e. The quantitative estimate of drug-likeness (QED) is 0.884. The molecular formula is C16H21ClN2OS. The summed E-state index contributed by atoms with van der Waals surface area (Å²) in [6.45, 7) is 3.95. The van der Waals surface area contributed by atoms with Crippen LogP contribution in [0.4, 0.5) is 0 Å². The Morgan fingerprint density at radius 3 is 2.48 bits per heavy atom. The molecule has 1 heterocycles. The Hall–Kier alpha value is -1.36. The number of aryl methyl sites for hydroxylation is 1. The number of carbonyl (C=O) groups is 1. The van der Waals surface area contributed by atoms with Gasteiger partial charge in [0.25, 0.3) is 5.91 Å². The van der Waals surface area contributed by atoms with Crippen LogP contribution in [-0.4, -0.2) is 23.9 Å². The average Bonchev–Trinajstić information content (AvgIpc) is 2.90. The number of halogens is 1. The molecule has 0 aliphatic rings. The van der Waals surface area contributed by atoms with Crippen LogP contribution in [0.1, 0.15) is 26.5 Å². The molecule has 0 saturated heterocycles. The molecule has 0 radical (unpaired) electrons. The molecule has 0 atom stereocenters. The van der Waals surface area contributed by atoms with Gasteiger partial charge in [-0.15, -0.1) is 23.7 Å². The highest BCUT2D eigenvalue weighted by atomic mass is 35.5. The number of thiophene rings is 1. The molecule has 0 fully saturated rings. The van der Waals surface area contributed by atoms with Crippen LogP contribution in [0.2, 0.25) is 0 Å². The highest BCUT2D eigenvalue weighted by molar-refractivity contribution is 7.13. The zero-order valence-electron chi connectivity index (χ0n) is 12.1. The summed E-state index contributed by atoms with van der Waals surface area (Å²) in [6, 6.07) is 14.0. The van der Waals surface area contributed by atoms with E-state index in [1.54, 1.807) is 11.3 Å². The van der Waals surface area contributed by atoms with Crippen LogP contribution in [0.5, 0.6) is 0 Å². The smallest absolute Gasteiger partial charge is 0.264 e. The van der Waals surface area contributed by atoms with Gasteiger partial charge in [0.1, 0.15) is 0 Å². The number of nitrogens with zero attached hydrogens (tertiary/aromatic N) is 1. The second kappa shape index (κ2) is 8.82. The number of hydrogen-bond acceptors (Lipinski definition) is 3. The number of amides is 1. The molecule has 0 saturated carbocycles. The Morgan fingerprint density at radius 2 is 1.90 bits per heavy atom. The van der Waals surface area contributed by atoms with Crippen molar-refractivity contribution >= 4 is 29.7 Å². The van der Waals surface area contributed by atoms with Gasteiger partial charge in [0.15, 0.2) is 0 Å². The topological polar surface area (TPSA) is 46.3 Å². The average molecular weight is 325 g/mol. The van der Waals surface area contributed by atoms with E-state index in [4.69, 9.17) is 5.73 Å². The summed E-state index contributed by atoms with van der Waals surface area (Å²) in [5, 5.41) is 0. The van der Waals surface area contributed by atoms with Crippen molar-refractivity contribution in [3.8, 4) is 0 Å². The van der Waals surface area contributed by atoms with Gasteiger partial charge < -0.3 is 10.6 Å². The molecule has 3 nitrogen and oxygen atoms in total. The highest BCUT2D eigenvalue weighted by Gasteiger charge is 2.17. The van der Waals surface area contributed by atoms with Gasteiger partial charge in [-0.05, 0) is 37.6 Å². The van der Waals surface area contributed by atoms with Gasteiger partial charge in [0.2, 0.25) is 0 Å². The number of hydrogen-bond donors (Lipinski definition) is 1. The SMILES string of the molecule is Cc1ccc(C(=O)N(CCCN)Cc2ccccc2)s1.Cl. The van der Waals surface area contributed by atoms with Crippen molar-refractivity contribution < 1.29 is 4.79 Å². The standard InChI is InChI=1S/C16H20N2OS.ClH/c1-13-8-9-15(20-13)16(19)18(11-5-10-17)12-14-6-3-2-4-7-14;/h2-4,6-9H,5,10-12,17H2,1H3;1H. The van der Waals surface area contributed by atoms with E-state index in [-0.39, 0.29) is 18.3 Å². The fourth-order valence-electron chi connectivity index (χ4n) is 2.04. The fourth-order valence-corrected chi connectivity index (χ4v) is 2.88. The molecule has 0 unspecified atom stereocenters. The van der Waals surface area contributed by atoms with Crippen LogP contribution in [0.3, 0.4) is 0 Å². The van der Waals surface area contributed by atoms with E-state index in [0.717, 1.165) is 21.7 Å². The first-order chi connectivity index (χ1) is 9.70. The molecule has 1 aromatic carbocycles. The number of benzene rings is 1. The zero-order valence-corrected chi connectivity index (χ0v) is 13.8. The monoisotopic (exact) mass is 324 g/mol. The van der Waals surface area contributed by atoms with Gasteiger partial charge in [-0.1, -0.05) is 30.3 Å². The predicted octanol–water partition coefficient (Wildman–Crippen LogP) is 3.47. The summed E-state index contributed by atoms with van der Waals surface area (Å²) < 4.78 is 0. The predicted molar refractivity (Wildman–Crippen MR) is 91.2 cm³/mol. The first-order valence-electron chi connectivity index (χ1n) is 6.80. The van der Waals surface area contributed by atoms with Crippen molar-refractivity contribution in [3.63, 3.8) is 0 Å². The highest BCUT2D eigenvalue weighted by Crippen LogP contribution is 2.18. The molecule has 114 valence electrons. The summed E-state index contributed by atoms with van der Waals surface area (Å²) in [5.74, 6) is 0.0976. The first kappa shape index (κ1) is 17.7. The summed E-state index contributed by atoms with van der Waals surface area (Å²) in [7, 11) is 0. The summed E-state index contributed by atoms with van der Waals surface area (Å²) in [5.41, 5.74) is 6.72. The molecule has 0 spiro atoms. The van der Waals surface area contributed by atoms with Gasteiger partial charge in [-0.25, -0.2) is 0 Å². The second-order valence-electron chi connectivity index (χ2n) is 4.76. The molecule has 0 aliphatic heterocycles. The number of nitrogens with two attached hydrogens (primary N) is 1. The van der Waals surface area contributed by atoms with E-state index in [9.17, 15) is 4.79 Å². The first-order valence-corrected chi connectivity index (χ1v) is 7.62. The molecule has 21 heavy (non-hydrogen) atoms. The van der Waals surface area contributed by atoms with E-state index in [1.807, 2.05) is 54.3 Å². The molecular weight excluding hydrogens is 304 g/mol. The second-order valence-corrected chi connectivity index (χ2v) is 6.05. The van der Waals surface area contributed by atoms with Crippen LogP contribution in [0, 0.1) is 6.92 Å². The maximum absolute atomic E-state index is 12.6. The van der Waals surface area contributed by atoms with Crippen LogP contribution in [-0.2, 0) is 6.54 Å². The lowest BCUT2D eigenvalue weighted by atomic mass is 10.2. The minimum absolute atomic E-state index is 0. The Balaban J connectivity index is 0.00000220. The maximum atomic E-state index is 12.6. The largest absolute Gasteiger partial charge is 0.334 e. The van der Waals surface area contributed by atoms with Crippen LogP contribution in [0.25, 0.3) is 0 Å². The summed E-state index contributed by atoms with van der Waals surface area (Å²) in [6.07, 6.45) is 0.822. The van der Waals surface area contributed by atoms with Gasteiger partial charge in [-0.3, -0.25) is 4.79 Å². The van der Waals surface area contributed by atoms with Crippen molar-refractivity contribution in [2.75, 3.05) is 13.1 Å². The Bertz CT molecular complexity index is 556. The zero-order chi connectivity index (χ0) is 14.4. The van der Waals surface area contributed by atoms with Crippen molar-refractivity contribution in [3.05, 3.63) is 57.8 Å². The van der Waals surface area contributed by atoms with Crippen molar-refractivity contribution in [2.24, 2.45) is 5.73 Å². The van der Waals surface area contributed by atoms with E-state index in [1.165, 1.54) is 0 Å². The van der Waals surface area contributed by atoms with Crippen LogP contribution >= 0.6 is 23.7 Å². The summed E-state index contributed by atoms with van der Waals surface area (Å²) >= 11 is 1.55. The lowest BCUT2D eigenvalue weighted by molar-refractivity contribution is 0.0747. The van der Waals surface area contributed by atoms with Crippen molar-refractivity contribution in [2.45, 2.75) is 19.9 Å². The van der Waals surface area contributed by atoms with Gasteiger partial charge >= 0.3 is 0 Å². The molecule has 0 aliphatic carbocycles. The Kier molecular flexibility index (Phi) is 7.43. The van der Waals surface area contributed by atoms with Crippen molar-refractivity contribution in [1.29, 1.82) is 0 Å². The molecule has 1 aromatic heterocycles. The minimum atomic E-state index is 0. The third-order valence-electron chi connectivity index (χ3n) is 3.09. The molecule has 2 rings (SSSR count). The summed E-state index contributed by atoms with van der Waals surface area (Å²) in [4.78, 5) is 16.4. The van der Waals surface area contributed by atoms with Gasteiger partial charge in [0.05, 0.1) is 4.88 Å². The third-order valence-corrected chi connectivity index (χ3v) is 4.08.